The van der Waals surface area contributed by atoms with Crippen LogP contribution in [0, 0.1) is 18.3 Å². The van der Waals surface area contributed by atoms with Gasteiger partial charge in [-0.2, -0.15) is 5.26 Å². The summed E-state index contributed by atoms with van der Waals surface area (Å²) >= 11 is 0. The molecule has 0 heterocycles. The van der Waals surface area contributed by atoms with E-state index in [1.54, 1.807) is 24.3 Å². The number of rotatable bonds is 2. The molecule has 2 aromatic rings. The molecule has 2 rings (SSSR count). The third kappa shape index (κ3) is 8.81. The first kappa shape index (κ1) is 22.0. The Balaban J connectivity index is 0. The van der Waals surface area contributed by atoms with Gasteiger partial charge >= 0.3 is 0 Å². The molecule has 22 heavy (non-hydrogen) atoms. The van der Waals surface area contributed by atoms with Crippen molar-refractivity contribution in [3.63, 3.8) is 0 Å². The van der Waals surface area contributed by atoms with Crippen molar-refractivity contribution in [1.82, 2.24) is 0 Å². The van der Waals surface area contributed by atoms with Crippen LogP contribution in [0.1, 0.15) is 52.7 Å². The number of ether oxygens (including phenoxy) is 1. The van der Waals surface area contributed by atoms with E-state index in [4.69, 9.17) is 10.00 Å². The van der Waals surface area contributed by atoms with Crippen molar-refractivity contribution < 1.29 is 4.74 Å². The van der Waals surface area contributed by atoms with E-state index >= 15 is 0 Å². The highest BCUT2D eigenvalue weighted by Crippen LogP contribution is 2.22. The molecule has 0 unspecified atom stereocenters. The molecule has 2 heteroatoms. The molecule has 120 valence electrons. The second kappa shape index (κ2) is 15.1. The first-order valence-corrected chi connectivity index (χ1v) is 8.02. The van der Waals surface area contributed by atoms with Crippen molar-refractivity contribution in [2.45, 2.75) is 48.5 Å². The van der Waals surface area contributed by atoms with Crippen molar-refractivity contribution in [2.24, 2.45) is 0 Å². The van der Waals surface area contributed by atoms with E-state index in [9.17, 15) is 0 Å². The summed E-state index contributed by atoms with van der Waals surface area (Å²) in [4.78, 5) is 0. The van der Waals surface area contributed by atoms with Gasteiger partial charge in [0.25, 0.3) is 0 Å². The average molecular weight is 299 g/mol. The van der Waals surface area contributed by atoms with Gasteiger partial charge in [-0.15, -0.1) is 0 Å². The van der Waals surface area contributed by atoms with Gasteiger partial charge in [-0.25, -0.2) is 0 Å². The van der Waals surface area contributed by atoms with Crippen molar-refractivity contribution in [3.8, 4) is 17.6 Å². The second-order valence-electron chi connectivity index (χ2n) is 3.55. The van der Waals surface area contributed by atoms with Crippen LogP contribution in [0.4, 0.5) is 0 Å². The summed E-state index contributed by atoms with van der Waals surface area (Å²) in [5.74, 6) is 1.55. The number of hydrogen-bond acceptors (Lipinski definition) is 2. The minimum absolute atomic E-state index is 0.636. The number of hydrogen-bond donors (Lipinski definition) is 0. The molecule has 2 aromatic carbocycles. The molecule has 0 atom stereocenters. The monoisotopic (exact) mass is 299 g/mol. The lowest BCUT2D eigenvalue weighted by Crippen LogP contribution is -1.84. The highest BCUT2D eigenvalue weighted by molar-refractivity contribution is 5.38. The van der Waals surface area contributed by atoms with Gasteiger partial charge in [0.05, 0.1) is 11.6 Å². The molecule has 0 saturated carbocycles. The van der Waals surface area contributed by atoms with Crippen LogP contribution >= 0.6 is 0 Å². The first-order valence-electron chi connectivity index (χ1n) is 8.02. The molecule has 0 amide bonds. The Labute approximate surface area is 136 Å². The number of nitriles is 1. The Morgan fingerprint density at radius 3 is 1.77 bits per heavy atom. The van der Waals surface area contributed by atoms with E-state index in [0.29, 0.717) is 5.56 Å². The highest BCUT2D eigenvalue weighted by atomic mass is 16.5. The van der Waals surface area contributed by atoms with Crippen LogP contribution < -0.4 is 4.74 Å². The number of aryl methyl sites for hydroxylation is 1. The van der Waals surface area contributed by atoms with Crippen LogP contribution in [-0.4, -0.2) is 0 Å². The summed E-state index contributed by atoms with van der Waals surface area (Å²) in [6.45, 7) is 14.0. The zero-order chi connectivity index (χ0) is 17.4. The topological polar surface area (TPSA) is 33.0 Å². The van der Waals surface area contributed by atoms with E-state index in [1.807, 2.05) is 72.7 Å². The lowest BCUT2D eigenvalue weighted by molar-refractivity contribution is 0.482. The quantitative estimate of drug-likeness (QED) is 0.615. The molecule has 0 aliphatic carbocycles. The summed E-state index contributed by atoms with van der Waals surface area (Å²) in [5, 5.41) is 8.66. The molecule has 0 aliphatic heterocycles. The predicted octanol–water partition coefficient (Wildman–Crippen LogP) is 6.74. The smallest absolute Gasteiger partial charge is 0.127 e. The van der Waals surface area contributed by atoms with E-state index in [-0.39, 0.29) is 0 Å². The van der Waals surface area contributed by atoms with Crippen molar-refractivity contribution in [1.29, 1.82) is 5.26 Å². The Morgan fingerprint density at radius 2 is 1.32 bits per heavy atom. The van der Waals surface area contributed by atoms with Crippen LogP contribution in [0.25, 0.3) is 0 Å². The SMILES string of the molecule is CC.CC.CC.Cc1cccc(Oc2ccc(C#N)cc2)c1. The zero-order valence-corrected chi connectivity index (χ0v) is 15.0. The van der Waals surface area contributed by atoms with Crippen LogP contribution in [0.3, 0.4) is 0 Å². The fourth-order valence-electron chi connectivity index (χ4n) is 1.41. The molecule has 0 saturated heterocycles. The Hall–Kier alpha value is -2.27. The largest absolute Gasteiger partial charge is 0.457 e. The minimum atomic E-state index is 0.636. The maximum Gasteiger partial charge on any atom is 0.127 e. The maximum absolute atomic E-state index is 8.66. The van der Waals surface area contributed by atoms with Gasteiger partial charge in [0, 0.05) is 0 Å². The van der Waals surface area contributed by atoms with Gasteiger partial charge in [0.1, 0.15) is 11.5 Å². The van der Waals surface area contributed by atoms with E-state index in [1.165, 1.54) is 0 Å². The lowest BCUT2D eigenvalue weighted by Gasteiger charge is -2.05. The molecule has 0 bridgehead atoms. The van der Waals surface area contributed by atoms with Crippen molar-refractivity contribution in [3.05, 3.63) is 59.7 Å². The van der Waals surface area contributed by atoms with Gasteiger partial charge in [0.2, 0.25) is 0 Å². The molecule has 0 radical (unpaired) electrons. The molecular weight excluding hydrogens is 270 g/mol. The minimum Gasteiger partial charge on any atom is -0.457 e. The second-order valence-corrected chi connectivity index (χ2v) is 3.55. The molecule has 0 aromatic heterocycles. The number of nitrogens with zero attached hydrogens (tertiary/aromatic N) is 1. The van der Waals surface area contributed by atoms with Crippen LogP contribution in [0.5, 0.6) is 11.5 Å². The summed E-state index contributed by atoms with van der Waals surface area (Å²) in [5.41, 5.74) is 1.79. The average Bonchev–Trinajstić information content (AvgIpc) is 2.61. The van der Waals surface area contributed by atoms with Gasteiger partial charge in [-0.05, 0) is 48.9 Å². The normalized spacial score (nSPS) is 7.73. The molecule has 0 spiro atoms. The van der Waals surface area contributed by atoms with Gasteiger partial charge < -0.3 is 4.74 Å². The van der Waals surface area contributed by atoms with Gasteiger partial charge in [0.15, 0.2) is 0 Å². The Kier molecular flexibility index (Phi) is 15.1. The van der Waals surface area contributed by atoms with E-state index in [2.05, 4.69) is 6.07 Å². The highest BCUT2D eigenvalue weighted by Gasteiger charge is 1.97. The van der Waals surface area contributed by atoms with Gasteiger partial charge in [-0.1, -0.05) is 53.7 Å². The molecular formula is C20H29NO. The van der Waals surface area contributed by atoms with Crippen LogP contribution in [0.15, 0.2) is 48.5 Å². The van der Waals surface area contributed by atoms with Gasteiger partial charge in [-0.3, -0.25) is 0 Å². The summed E-state index contributed by atoms with van der Waals surface area (Å²) in [6.07, 6.45) is 0. The molecule has 0 aliphatic rings. The molecule has 0 N–H and O–H groups in total. The molecule has 0 fully saturated rings. The van der Waals surface area contributed by atoms with E-state index in [0.717, 1.165) is 17.1 Å². The third-order valence-corrected chi connectivity index (χ3v) is 2.21. The molecule has 2 nitrogen and oxygen atoms in total. The fraction of sp³-hybridized carbons (Fsp3) is 0.350. The third-order valence-electron chi connectivity index (χ3n) is 2.21. The summed E-state index contributed by atoms with van der Waals surface area (Å²) < 4.78 is 5.65. The first-order chi connectivity index (χ1) is 10.8. The van der Waals surface area contributed by atoms with Crippen molar-refractivity contribution >= 4 is 0 Å². The Bertz CT molecular complexity index is 524. The van der Waals surface area contributed by atoms with Crippen LogP contribution in [0.2, 0.25) is 0 Å². The lowest BCUT2D eigenvalue weighted by atomic mass is 10.2. The standard InChI is InChI=1S/C14H11NO.3C2H6/c1-11-3-2-4-14(9-11)16-13-7-5-12(10-15)6-8-13;3*1-2/h2-9H,1H3;3*1-2H3. The zero-order valence-electron chi connectivity index (χ0n) is 15.0. The van der Waals surface area contributed by atoms with Crippen LogP contribution in [-0.2, 0) is 0 Å². The summed E-state index contributed by atoms with van der Waals surface area (Å²) in [7, 11) is 0. The van der Waals surface area contributed by atoms with E-state index < -0.39 is 0 Å². The fourth-order valence-corrected chi connectivity index (χ4v) is 1.41. The number of benzene rings is 2. The van der Waals surface area contributed by atoms with Crippen molar-refractivity contribution in [2.75, 3.05) is 0 Å². The predicted molar refractivity (Wildman–Crippen MR) is 96.5 cm³/mol. The summed E-state index contributed by atoms with van der Waals surface area (Å²) in [6, 6.07) is 17.0. The maximum atomic E-state index is 8.66. The Morgan fingerprint density at radius 1 is 0.773 bits per heavy atom.